The lowest BCUT2D eigenvalue weighted by Gasteiger charge is -2.13. The second-order valence-electron chi connectivity index (χ2n) is 7.46. The average Bonchev–Trinajstić information content (AvgIpc) is 2.79. The molecule has 0 fully saturated rings. The first-order valence-electron chi connectivity index (χ1n) is 10.0. The predicted molar refractivity (Wildman–Crippen MR) is 128 cm³/mol. The van der Waals surface area contributed by atoms with E-state index < -0.39 is 5.23 Å². The van der Waals surface area contributed by atoms with Gasteiger partial charge in [0.2, 0.25) is 0 Å². The second-order valence-corrected chi connectivity index (χ2v) is 7.87. The Morgan fingerprint density at radius 2 is 1.75 bits per heavy atom. The van der Waals surface area contributed by atoms with Gasteiger partial charge in [-0.15, -0.1) is 0 Å². The van der Waals surface area contributed by atoms with E-state index in [-0.39, 0.29) is 11.4 Å². The first-order chi connectivity index (χ1) is 15.3. The molecule has 0 aliphatic heterocycles. The normalized spacial score (nSPS) is 12.8. The van der Waals surface area contributed by atoms with Crippen LogP contribution in [0, 0.1) is 5.21 Å². The van der Waals surface area contributed by atoms with E-state index in [9.17, 15) is 10.3 Å². The van der Waals surface area contributed by atoms with E-state index in [2.05, 4.69) is 19.2 Å². The molecule has 0 radical (unpaired) electrons. The number of hydrogen-bond acceptors (Lipinski definition) is 5. The number of nitrogens with zero attached hydrogens (tertiary/aromatic N) is 1. The number of benzene rings is 2. The number of hydrogen-bond donors (Lipinski definition) is 4. The van der Waals surface area contributed by atoms with Crippen LogP contribution in [0.15, 0.2) is 73.1 Å². The van der Waals surface area contributed by atoms with Crippen molar-refractivity contribution in [3.63, 3.8) is 0 Å². The highest BCUT2D eigenvalue weighted by molar-refractivity contribution is 7.81. The third-order valence-corrected chi connectivity index (χ3v) is 5.25. The van der Waals surface area contributed by atoms with Crippen LogP contribution >= 0.6 is 12.2 Å². The first-order valence-corrected chi connectivity index (χ1v) is 10.4. The predicted octanol–water partition coefficient (Wildman–Crippen LogP) is 3.83. The summed E-state index contributed by atoms with van der Waals surface area (Å²) in [5.74, 6) is 0.950. The van der Waals surface area contributed by atoms with E-state index in [0.717, 1.165) is 5.56 Å². The summed E-state index contributed by atoms with van der Waals surface area (Å²) in [6, 6.07) is 17.2. The number of ether oxygens (including phenoxy) is 1. The summed E-state index contributed by atoms with van der Waals surface area (Å²) in [4.78, 5) is 0.292. The molecule has 3 aromatic rings. The number of rotatable bonds is 7. The summed E-state index contributed by atoms with van der Waals surface area (Å²) in [5.41, 5.74) is 2.80. The maximum atomic E-state index is 11.2. The molecular formula is C24H26N3O4S+. The van der Waals surface area contributed by atoms with Gasteiger partial charge >= 0.3 is 0 Å². The SMILES string of the molecule is COc1cccc(NC(=S)/C(=C(\O)c2ccc([NH+]([O-])O)cc2)[n+]2ccc(C(C)C)cc2)c1. The van der Waals surface area contributed by atoms with Gasteiger partial charge in [0, 0.05) is 41.6 Å². The largest absolute Gasteiger partial charge is 0.595 e. The van der Waals surface area contributed by atoms with Crippen LogP contribution in [-0.4, -0.2) is 22.4 Å². The number of methoxy groups -OCH3 is 1. The molecule has 7 nitrogen and oxygen atoms in total. The quantitative estimate of drug-likeness (QED) is 0.143. The van der Waals surface area contributed by atoms with Crippen LogP contribution in [0.25, 0.3) is 11.5 Å². The molecule has 3 rings (SSSR count). The van der Waals surface area contributed by atoms with Crippen molar-refractivity contribution < 1.29 is 24.8 Å². The van der Waals surface area contributed by atoms with E-state index >= 15 is 0 Å². The lowest BCUT2D eigenvalue weighted by atomic mass is 10.1. The molecule has 166 valence electrons. The Bertz CT molecular complexity index is 1110. The molecule has 0 aliphatic rings. The van der Waals surface area contributed by atoms with Crippen molar-refractivity contribution in [3.8, 4) is 5.75 Å². The Kier molecular flexibility index (Phi) is 7.55. The van der Waals surface area contributed by atoms with Gasteiger partial charge in [-0.1, -0.05) is 32.1 Å². The average molecular weight is 453 g/mol. The first kappa shape index (κ1) is 23.4. The highest BCUT2D eigenvalue weighted by atomic mass is 32.1. The Balaban J connectivity index is 2.05. The van der Waals surface area contributed by atoms with Crippen molar-refractivity contribution in [2.24, 2.45) is 0 Å². The van der Waals surface area contributed by atoms with Crippen molar-refractivity contribution in [1.82, 2.24) is 0 Å². The summed E-state index contributed by atoms with van der Waals surface area (Å²) in [5, 5.41) is 33.6. The van der Waals surface area contributed by atoms with Crippen LogP contribution in [-0.2, 0) is 0 Å². The zero-order valence-corrected chi connectivity index (χ0v) is 18.9. The molecule has 1 unspecified atom stereocenters. The highest BCUT2D eigenvalue weighted by Crippen LogP contribution is 2.22. The molecule has 1 heterocycles. The van der Waals surface area contributed by atoms with Gasteiger partial charge < -0.3 is 20.4 Å². The number of aliphatic hydroxyl groups excluding tert-OH is 1. The van der Waals surface area contributed by atoms with E-state index in [1.807, 2.05) is 42.7 Å². The van der Waals surface area contributed by atoms with E-state index in [1.54, 1.807) is 29.9 Å². The molecule has 0 saturated carbocycles. The Morgan fingerprint density at radius 1 is 1.09 bits per heavy atom. The molecule has 8 heteroatoms. The van der Waals surface area contributed by atoms with Gasteiger partial charge in [0.15, 0.2) is 28.8 Å². The fourth-order valence-electron chi connectivity index (χ4n) is 3.12. The number of aliphatic hydroxyl groups is 1. The molecule has 0 aliphatic carbocycles. The van der Waals surface area contributed by atoms with E-state index in [4.69, 9.17) is 22.2 Å². The maximum absolute atomic E-state index is 11.2. The lowest BCUT2D eigenvalue weighted by molar-refractivity contribution is -0.991. The molecule has 1 aromatic heterocycles. The van der Waals surface area contributed by atoms with Crippen molar-refractivity contribution in [2.45, 2.75) is 19.8 Å². The maximum Gasteiger partial charge on any atom is 0.288 e. The van der Waals surface area contributed by atoms with E-state index in [0.29, 0.717) is 33.6 Å². The number of nitrogens with one attached hydrogen (secondary N) is 2. The van der Waals surface area contributed by atoms with Crippen LogP contribution < -0.4 is 19.8 Å². The molecule has 0 bridgehead atoms. The molecule has 1 atom stereocenters. The Morgan fingerprint density at radius 3 is 2.31 bits per heavy atom. The topological polar surface area (TPSA) is 93.1 Å². The van der Waals surface area contributed by atoms with Gasteiger partial charge in [0.25, 0.3) is 5.70 Å². The minimum atomic E-state index is -1.03. The fourth-order valence-corrected chi connectivity index (χ4v) is 3.44. The van der Waals surface area contributed by atoms with Crippen molar-refractivity contribution >= 4 is 40.0 Å². The molecule has 0 spiro atoms. The third-order valence-electron chi connectivity index (χ3n) is 4.95. The van der Waals surface area contributed by atoms with Crippen molar-refractivity contribution in [3.05, 3.63) is 89.4 Å². The summed E-state index contributed by atoms with van der Waals surface area (Å²) >= 11 is 5.66. The van der Waals surface area contributed by atoms with Crippen LogP contribution in [0.4, 0.5) is 11.4 Å². The number of quaternary nitrogens is 1. The summed E-state index contributed by atoms with van der Waals surface area (Å²) < 4.78 is 7.00. The number of thiocarbonyl (C=S) groups is 1. The van der Waals surface area contributed by atoms with Gasteiger partial charge in [0.1, 0.15) is 5.75 Å². The van der Waals surface area contributed by atoms with Gasteiger partial charge in [-0.2, -0.15) is 9.79 Å². The van der Waals surface area contributed by atoms with Crippen molar-refractivity contribution in [1.29, 1.82) is 0 Å². The molecule has 2 aromatic carbocycles. The number of pyridine rings is 1. The third kappa shape index (κ3) is 5.49. The second kappa shape index (κ2) is 10.3. The van der Waals surface area contributed by atoms with Gasteiger partial charge in [-0.3, -0.25) is 0 Å². The smallest absolute Gasteiger partial charge is 0.288 e. The zero-order valence-electron chi connectivity index (χ0n) is 18.1. The summed E-state index contributed by atoms with van der Waals surface area (Å²) in [6.45, 7) is 4.21. The van der Waals surface area contributed by atoms with Gasteiger partial charge in [-0.05, 0) is 35.7 Å². The number of aromatic nitrogens is 1. The zero-order chi connectivity index (χ0) is 23.3. The monoisotopic (exact) mass is 452 g/mol. The summed E-state index contributed by atoms with van der Waals surface area (Å²) in [6.07, 6.45) is 3.68. The van der Waals surface area contributed by atoms with Gasteiger partial charge in [0.05, 0.1) is 7.11 Å². The van der Waals surface area contributed by atoms with Crippen LogP contribution in [0.2, 0.25) is 0 Å². The van der Waals surface area contributed by atoms with Gasteiger partial charge in [-0.25, -0.2) is 5.21 Å². The molecule has 4 N–H and O–H groups in total. The van der Waals surface area contributed by atoms with Crippen LogP contribution in [0.5, 0.6) is 5.75 Å². The standard InChI is InChI=1S/C24H25N3O4S/c1-16(2)17-11-13-26(14-12-17)22(23(28)18-7-9-20(10-8-18)27(29)30)24(32)25-19-5-4-6-21(15-19)31-3/h4-16,27,29H,1-3H3,(H-,25,28,32)/p+1. The molecular weight excluding hydrogens is 426 g/mol. The molecule has 0 saturated heterocycles. The molecule has 32 heavy (non-hydrogen) atoms. The lowest BCUT2D eigenvalue weighted by Crippen LogP contribution is -2.99. The Labute approximate surface area is 192 Å². The van der Waals surface area contributed by atoms with Crippen LogP contribution in [0.3, 0.4) is 0 Å². The van der Waals surface area contributed by atoms with E-state index in [1.165, 1.54) is 12.1 Å². The Hall–Kier alpha value is -3.30. The summed E-state index contributed by atoms with van der Waals surface area (Å²) in [7, 11) is 1.58. The minimum absolute atomic E-state index is 0.0790. The minimum Gasteiger partial charge on any atom is -0.595 e. The highest BCUT2D eigenvalue weighted by Gasteiger charge is 2.24. The number of anilines is 1. The molecule has 0 amide bonds. The van der Waals surface area contributed by atoms with Crippen molar-refractivity contribution in [2.75, 3.05) is 12.4 Å². The van der Waals surface area contributed by atoms with Crippen LogP contribution in [0.1, 0.15) is 30.9 Å². The fraction of sp³-hybridized carbons (Fsp3) is 0.167.